The third kappa shape index (κ3) is 5.35. The summed E-state index contributed by atoms with van der Waals surface area (Å²) in [5, 5.41) is 2.83. The van der Waals surface area contributed by atoms with Gasteiger partial charge >= 0.3 is 5.97 Å². The number of nitrogens with one attached hydrogen (secondary N) is 1. The number of esters is 1. The predicted molar refractivity (Wildman–Crippen MR) is 112 cm³/mol. The summed E-state index contributed by atoms with van der Waals surface area (Å²) < 4.78 is 11.8. The summed E-state index contributed by atoms with van der Waals surface area (Å²) in [6, 6.07) is 12.0. The Labute approximate surface area is 173 Å². The summed E-state index contributed by atoms with van der Waals surface area (Å²) in [4.78, 5) is 24.7. The standard InChI is InChI=1S/C22H24BrNO4/c1-2-27-20-13-10-16(14-19(20)23)21(25)24-17-11-8-15(9-12-17)22(26)28-18-6-4-3-5-7-18/h8-14,18H,2-7H2,1H3,(H,24,25). The van der Waals surface area contributed by atoms with Crippen molar-refractivity contribution in [3.63, 3.8) is 0 Å². The van der Waals surface area contributed by atoms with E-state index in [1.807, 2.05) is 6.92 Å². The molecule has 148 valence electrons. The maximum atomic E-state index is 12.5. The highest BCUT2D eigenvalue weighted by Crippen LogP contribution is 2.26. The molecule has 6 heteroatoms. The Hall–Kier alpha value is -2.34. The van der Waals surface area contributed by atoms with Gasteiger partial charge in [0.1, 0.15) is 11.9 Å². The molecule has 2 aromatic carbocycles. The highest BCUT2D eigenvalue weighted by atomic mass is 79.9. The summed E-state index contributed by atoms with van der Waals surface area (Å²) in [6.07, 6.45) is 5.36. The fourth-order valence-corrected chi connectivity index (χ4v) is 3.70. The van der Waals surface area contributed by atoms with Gasteiger partial charge in [0, 0.05) is 11.3 Å². The highest BCUT2D eigenvalue weighted by molar-refractivity contribution is 9.10. The van der Waals surface area contributed by atoms with Gasteiger partial charge in [-0.15, -0.1) is 0 Å². The Balaban J connectivity index is 1.59. The Kier molecular flexibility index (Phi) is 7.09. The lowest BCUT2D eigenvalue weighted by Crippen LogP contribution is -2.21. The van der Waals surface area contributed by atoms with Crippen molar-refractivity contribution in [3.8, 4) is 5.75 Å². The van der Waals surface area contributed by atoms with E-state index in [0.717, 1.165) is 30.2 Å². The maximum absolute atomic E-state index is 12.5. The number of carbonyl (C=O) groups excluding carboxylic acids is 2. The second-order valence-corrected chi connectivity index (χ2v) is 7.63. The SMILES string of the molecule is CCOc1ccc(C(=O)Nc2ccc(C(=O)OC3CCCCC3)cc2)cc1Br. The summed E-state index contributed by atoms with van der Waals surface area (Å²) in [7, 11) is 0. The first-order chi connectivity index (χ1) is 13.6. The summed E-state index contributed by atoms with van der Waals surface area (Å²) in [6.45, 7) is 2.46. The van der Waals surface area contributed by atoms with Gasteiger partial charge in [0.05, 0.1) is 16.6 Å². The molecule has 2 aromatic rings. The van der Waals surface area contributed by atoms with Crippen LogP contribution >= 0.6 is 15.9 Å². The number of carbonyl (C=O) groups is 2. The van der Waals surface area contributed by atoms with E-state index in [4.69, 9.17) is 9.47 Å². The van der Waals surface area contributed by atoms with Gasteiger partial charge in [-0.25, -0.2) is 4.79 Å². The topological polar surface area (TPSA) is 64.6 Å². The van der Waals surface area contributed by atoms with E-state index < -0.39 is 0 Å². The average Bonchev–Trinajstić information content (AvgIpc) is 2.71. The number of halogens is 1. The minimum Gasteiger partial charge on any atom is -0.493 e. The number of anilines is 1. The molecule has 0 radical (unpaired) electrons. The van der Waals surface area contributed by atoms with E-state index in [-0.39, 0.29) is 18.0 Å². The summed E-state index contributed by atoms with van der Waals surface area (Å²) >= 11 is 3.41. The fraction of sp³-hybridized carbons (Fsp3) is 0.364. The summed E-state index contributed by atoms with van der Waals surface area (Å²) in [5.74, 6) is 0.154. The van der Waals surface area contributed by atoms with Crippen LogP contribution in [0.4, 0.5) is 5.69 Å². The van der Waals surface area contributed by atoms with Crippen LogP contribution in [-0.4, -0.2) is 24.6 Å². The molecule has 0 aromatic heterocycles. The molecular weight excluding hydrogens is 422 g/mol. The molecule has 0 spiro atoms. The smallest absolute Gasteiger partial charge is 0.338 e. The third-order valence-corrected chi connectivity index (χ3v) is 5.32. The lowest BCUT2D eigenvalue weighted by molar-refractivity contribution is 0.0211. The van der Waals surface area contributed by atoms with E-state index in [9.17, 15) is 9.59 Å². The number of hydrogen-bond acceptors (Lipinski definition) is 4. The predicted octanol–water partition coefficient (Wildman–Crippen LogP) is 5.59. The van der Waals surface area contributed by atoms with E-state index in [2.05, 4.69) is 21.2 Å². The van der Waals surface area contributed by atoms with Crippen LogP contribution in [-0.2, 0) is 4.74 Å². The molecule has 28 heavy (non-hydrogen) atoms. The quantitative estimate of drug-likeness (QED) is 0.588. The zero-order valence-corrected chi connectivity index (χ0v) is 17.5. The van der Waals surface area contributed by atoms with Gasteiger partial charge in [-0.2, -0.15) is 0 Å². The number of amides is 1. The largest absolute Gasteiger partial charge is 0.493 e. The van der Waals surface area contributed by atoms with Gasteiger partial charge in [0.15, 0.2) is 0 Å². The monoisotopic (exact) mass is 445 g/mol. The normalized spacial score (nSPS) is 14.4. The van der Waals surface area contributed by atoms with Crippen LogP contribution in [0.25, 0.3) is 0 Å². The van der Waals surface area contributed by atoms with Crippen LogP contribution in [0.3, 0.4) is 0 Å². The van der Waals surface area contributed by atoms with Gasteiger partial charge in [0.2, 0.25) is 0 Å². The van der Waals surface area contributed by atoms with Crippen LogP contribution in [0.15, 0.2) is 46.9 Å². The molecule has 0 saturated heterocycles. The van der Waals surface area contributed by atoms with Crippen molar-refractivity contribution in [3.05, 3.63) is 58.1 Å². The van der Waals surface area contributed by atoms with Gasteiger partial charge in [0.25, 0.3) is 5.91 Å². The van der Waals surface area contributed by atoms with Gasteiger partial charge in [-0.1, -0.05) is 6.42 Å². The number of ether oxygens (including phenoxy) is 2. The average molecular weight is 446 g/mol. The molecule has 0 aliphatic heterocycles. The Bertz CT molecular complexity index is 829. The summed E-state index contributed by atoms with van der Waals surface area (Å²) in [5.41, 5.74) is 1.62. The van der Waals surface area contributed by atoms with Crippen molar-refractivity contribution in [2.75, 3.05) is 11.9 Å². The lowest BCUT2D eigenvalue weighted by atomic mass is 9.98. The zero-order chi connectivity index (χ0) is 19.9. The van der Waals surface area contributed by atoms with Crippen molar-refractivity contribution in [2.45, 2.75) is 45.1 Å². The van der Waals surface area contributed by atoms with Gasteiger partial charge < -0.3 is 14.8 Å². The van der Waals surface area contributed by atoms with Crippen molar-refractivity contribution in [1.29, 1.82) is 0 Å². The Morgan fingerprint density at radius 2 is 1.71 bits per heavy atom. The van der Waals surface area contributed by atoms with Crippen LogP contribution in [0.1, 0.15) is 59.7 Å². The molecule has 0 unspecified atom stereocenters. The van der Waals surface area contributed by atoms with E-state index in [1.165, 1.54) is 6.42 Å². The van der Waals surface area contributed by atoms with Crippen molar-refractivity contribution in [2.24, 2.45) is 0 Å². The number of benzene rings is 2. The van der Waals surface area contributed by atoms with Crippen molar-refractivity contribution < 1.29 is 19.1 Å². The number of hydrogen-bond donors (Lipinski definition) is 1. The minimum atomic E-state index is -0.305. The zero-order valence-electron chi connectivity index (χ0n) is 15.9. The first kappa shape index (κ1) is 20.4. The maximum Gasteiger partial charge on any atom is 0.338 e. The van der Waals surface area contributed by atoms with E-state index in [1.54, 1.807) is 42.5 Å². The molecule has 1 amide bonds. The van der Waals surface area contributed by atoms with Crippen LogP contribution < -0.4 is 10.1 Å². The lowest BCUT2D eigenvalue weighted by Gasteiger charge is -2.21. The van der Waals surface area contributed by atoms with E-state index >= 15 is 0 Å². The van der Waals surface area contributed by atoms with Gasteiger partial charge in [-0.05, 0) is 91.0 Å². The second-order valence-electron chi connectivity index (χ2n) is 6.78. The third-order valence-electron chi connectivity index (χ3n) is 4.70. The van der Waals surface area contributed by atoms with Crippen LogP contribution in [0, 0.1) is 0 Å². The highest BCUT2D eigenvalue weighted by Gasteiger charge is 2.18. The van der Waals surface area contributed by atoms with Crippen molar-refractivity contribution >= 4 is 33.5 Å². The second kappa shape index (κ2) is 9.73. The molecule has 3 rings (SSSR count). The Morgan fingerprint density at radius 1 is 1.04 bits per heavy atom. The molecule has 0 heterocycles. The molecule has 1 saturated carbocycles. The Morgan fingerprint density at radius 3 is 2.36 bits per heavy atom. The molecular formula is C22H24BrNO4. The molecule has 0 bridgehead atoms. The molecule has 5 nitrogen and oxygen atoms in total. The fourth-order valence-electron chi connectivity index (χ4n) is 3.21. The molecule has 0 atom stereocenters. The minimum absolute atomic E-state index is 0.0266. The molecule has 1 aliphatic carbocycles. The molecule has 1 aliphatic rings. The number of rotatable bonds is 6. The van der Waals surface area contributed by atoms with E-state index in [0.29, 0.717) is 29.2 Å². The molecule has 1 fully saturated rings. The van der Waals surface area contributed by atoms with Crippen LogP contribution in [0.5, 0.6) is 5.75 Å². The van der Waals surface area contributed by atoms with Gasteiger partial charge in [-0.3, -0.25) is 4.79 Å². The first-order valence-electron chi connectivity index (χ1n) is 9.61. The van der Waals surface area contributed by atoms with Crippen LogP contribution in [0.2, 0.25) is 0 Å². The molecule has 1 N–H and O–H groups in total. The van der Waals surface area contributed by atoms with Crippen molar-refractivity contribution in [1.82, 2.24) is 0 Å². The first-order valence-corrected chi connectivity index (χ1v) is 10.4.